The first kappa shape index (κ1) is 11.0. The minimum Gasteiger partial charge on any atom is -0.389 e. The third kappa shape index (κ3) is 3.00. The molecule has 1 aliphatic rings. The summed E-state index contributed by atoms with van der Waals surface area (Å²) < 4.78 is 1.01. The highest BCUT2D eigenvalue weighted by molar-refractivity contribution is 9.10. The van der Waals surface area contributed by atoms with Crippen LogP contribution in [0.5, 0.6) is 0 Å². The molecule has 0 aromatic carbocycles. The maximum atomic E-state index is 9.83. The Morgan fingerprint density at radius 3 is 3.00 bits per heavy atom. The van der Waals surface area contributed by atoms with Crippen molar-refractivity contribution in [1.29, 1.82) is 0 Å². The molecule has 4 heteroatoms. The van der Waals surface area contributed by atoms with E-state index in [1.807, 2.05) is 13.1 Å². The summed E-state index contributed by atoms with van der Waals surface area (Å²) in [5.41, 5.74) is 0.668. The predicted octanol–water partition coefficient (Wildman–Crippen LogP) is 1.80. The summed E-state index contributed by atoms with van der Waals surface area (Å²) in [5, 5.41) is 9.83. The van der Waals surface area contributed by atoms with Gasteiger partial charge in [-0.1, -0.05) is 0 Å². The SMILES string of the molecule is CC1(O)CCN(Cc2cncc(Br)c2)C1. The maximum absolute atomic E-state index is 9.83. The first-order valence-electron chi connectivity index (χ1n) is 5.09. The maximum Gasteiger partial charge on any atom is 0.0758 e. The summed E-state index contributed by atoms with van der Waals surface area (Å²) in [5.74, 6) is 0. The van der Waals surface area contributed by atoms with Crippen LogP contribution in [0.4, 0.5) is 0 Å². The highest BCUT2D eigenvalue weighted by atomic mass is 79.9. The molecule has 0 aliphatic carbocycles. The normalized spacial score (nSPS) is 27.1. The molecule has 1 aromatic heterocycles. The van der Waals surface area contributed by atoms with Gasteiger partial charge >= 0.3 is 0 Å². The molecule has 1 atom stereocenters. The van der Waals surface area contributed by atoms with Gasteiger partial charge in [0.25, 0.3) is 0 Å². The molecule has 1 aromatic rings. The Bertz CT molecular complexity index is 354. The Balaban J connectivity index is 1.99. The second-order valence-electron chi connectivity index (χ2n) is 4.47. The molecular formula is C11H15BrN2O. The largest absolute Gasteiger partial charge is 0.389 e. The third-order valence-electron chi connectivity index (χ3n) is 2.70. The van der Waals surface area contributed by atoms with Gasteiger partial charge in [0.05, 0.1) is 5.60 Å². The number of nitrogens with zero attached hydrogens (tertiary/aromatic N) is 2. The fourth-order valence-corrected chi connectivity index (χ4v) is 2.39. The van der Waals surface area contributed by atoms with Crippen molar-refractivity contribution in [2.45, 2.75) is 25.5 Å². The van der Waals surface area contributed by atoms with E-state index in [4.69, 9.17) is 0 Å². The van der Waals surface area contributed by atoms with Crippen molar-refractivity contribution in [3.05, 3.63) is 28.5 Å². The second-order valence-corrected chi connectivity index (χ2v) is 5.38. The van der Waals surface area contributed by atoms with Gasteiger partial charge in [-0.05, 0) is 40.9 Å². The lowest BCUT2D eigenvalue weighted by atomic mass is 10.1. The van der Waals surface area contributed by atoms with Crippen molar-refractivity contribution in [2.24, 2.45) is 0 Å². The lowest BCUT2D eigenvalue weighted by Gasteiger charge is -2.18. The van der Waals surface area contributed by atoms with Gasteiger partial charge in [-0.2, -0.15) is 0 Å². The molecular weight excluding hydrogens is 256 g/mol. The van der Waals surface area contributed by atoms with E-state index in [2.05, 4.69) is 31.9 Å². The molecule has 1 saturated heterocycles. The monoisotopic (exact) mass is 270 g/mol. The van der Waals surface area contributed by atoms with Gasteiger partial charge in [0.1, 0.15) is 0 Å². The first-order chi connectivity index (χ1) is 7.05. The van der Waals surface area contributed by atoms with Crippen molar-refractivity contribution in [1.82, 2.24) is 9.88 Å². The van der Waals surface area contributed by atoms with E-state index < -0.39 is 5.60 Å². The molecule has 15 heavy (non-hydrogen) atoms. The molecule has 1 unspecified atom stereocenters. The summed E-state index contributed by atoms with van der Waals surface area (Å²) >= 11 is 3.40. The van der Waals surface area contributed by atoms with Gasteiger partial charge in [-0.15, -0.1) is 0 Å². The van der Waals surface area contributed by atoms with Crippen molar-refractivity contribution < 1.29 is 5.11 Å². The van der Waals surface area contributed by atoms with E-state index in [0.29, 0.717) is 0 Å². The summed E-state index contributed by atoms with van der Waals surface area (Å²) in [7, 11) is 0. The van der Waals surface area contributed by atoms with Crippen molar-refractivity contribution >= 4 is 15.9 Å². The van der Waals surface area contributed by atoms with E-state index >= 15 is 0 Å². The lowest BCUT2D eigenvalue weighted by molar-refractivity contribution is 0.0679. The molecule has 82 valence electrons. The third-order valence-corrected chi connectivity index (χ3v) is 3.13. The molecule has 1 N–H and O–H groups in total. The molecule has 2 heterocycles. The second kappa shape index (κ2) is 4.20. The number of β-amino-alcohol motifs (C(OH)–C–C–N with tert-alkyl or cyclic N) is 1. The zero-order valence-electron chi connectivity index (χ0n) is 8.78. The number of aromatic nitrogens is 1. The molecule has 0 spiro atoms. The Morgan fingerprint density at radius 1 is 1.60 bits per heavy atom. The molecule has 0 amide bonds. The number of hydrogen-bond donors (Lipinski definition) is 1. The standard InChI is InChI=1S/C11H15BrN2O/c1-11(15)2-3-14(8-11)7-9-4-10(12)6-13-5-9/h4-6,15H,2-3,7-8H2,1H3. The number of rotatable bonds is 2. The van der Waals surface area contributed by atoms with Gasteiger partial charge in [-0.25, -0.2) is 0 Å². The molecule has 0 bridgehead atoms. The summed E-state index contributed by atoms with van der Waals surface area (Å²) in [6, 6.07) is 2.07. The highest BCUT2D eigenvalue weighted by Crippen LogP contribution is 2.22. The van der Waals surface area contributed by atoms with Crippen LogP contribution in [0.2, 0.25) is 0 Å². The number of pyridine rings is 1. The minimum absolute atomic E-state index is 0.514. The zero-order valence-corrected chi connectivity index (χ0v) is 10.4. The number of halogens is 1. The summed E-state index contributed by atoms with van der Waals surface area (Å²) in [4.78, 5) is 6.38. The van der Waals surface area contributed by atoms with Gasteiger partial charge in [0.15, 0.2) is 0 Å². The van der Waals surface area contributed by atoms with Gasteiger partial charge < -0.3 is 5.11 Å². The molecule has 3 nitrogen and oxygen atoms in total. The van der Waals surface area contributed by atoms with Gasteiger partial charge in [0.2, 0.25) is 0 Å². The lowest BCUT2D eigenvalue weighted by Crippen LogP contribution is -2.29. The fraction of sp³-hybridized carbons (Fsp3) is 0.545. The van der Waals surface area contributed by atoms with Crippen molar-refractivity contribution in [2.75, 3.05) is 13.1 Å². The van der Waals surface area contributed by atoms with E-state index in [9.17, 15) is 5.11 Å². The summed E-state index contributed by atoms with van der Waals surface area (Å²) in [6.07, 6.45) is 4.51. The molecule has 1 aliphatic heterocycles. The summed E-state index contributed by atoms with van der Waals surface area (Å²) in [6.45, 7) is 4.47. The molecule has 2 rings (SSSR count). The Hall–Kier alpha value is -0.450. The molecule has 0 saturated carbocycles. The topological polar surface area (TPSA) is 36.4 Å². The number of hydrogen-bond acceptors (Lipinski definition) is 3. The number of aliphatic hydroxyl groups is 1. The fourth-order valence-electron chi connectivity index (χ4n) is 1.97. The Morgan fingerprint density at radius 2 is 2.40 bits per heavy atom. The van der Waals surface area contributed by atoms with E-state index in [1.165, 1.54) is 5.56 Å². The van der Waals surface area contributed by atoms with Crippen LogP contribution in [0.1, 0.15) is 18.9 Å². The van der Waals surface area contributed by atoms with Crippen LogP contribution in [-0.4, -0.2) is 33.7 Å². The highest BCUT2D eigenvalue weighted by Gasteiger charge is 2.30. The van der Waals surface area contributed by atoms with E-state index in [-0.39, 0.29) is 0 Å². The van der Waals surface area contributed by atoms with Crippen LogP contribution in [-0.2, 0) is 6.54 Å². The minimum atomic E-state index is -0.514. The zero-order chi connectivity index (χ0) is 10.9. The molecule has 1 fully saturated rings. The van der Waals surface area contributed by atoms with Crippen molar-refractivity contribution in [3.63, 3.8) is 0 Å². The average Bonchev–Trinajstić information content (AvgIpc) is 2.45. The van der Waals surface area contributed by atoms with E-state index in [0.717, 1.165) is 30.5 Å². The smallest absolute Gasteiger partial charge is 0.0758 e. The first-order valence-corrected chi connectivity index (χ1v) is 5.89. The van der Waals surface area contributed by atoms with Crippen LogP contribution in [0.25, 0.3) is 0 Å². The van der Waals surface area contributed by atoms with E-state index in [1.54, 1.807) is 6.20 Å². The van der Waals surface area contributed by atoms with Crippen LogP contribution in [0.15, 0.2) is 22.9 Å². The van der Waals surface area contributed by atoms with Crippen LogP contribution in [0, 0.1) is 0 Å². The van der Waals surface area contributed by atoms with Crippen LogP contribution < -0.4 is 0 Å². The van der Waals surface area contributed by atoms with Crippen LogP contribution in [0.3, 0.4) is 0 Å². The Kier molecular flexibility index (Phi) is 3.09. The average molecular weight is 271 g/mol. The van der Waals surface area contributed by atoms with Crippen molar-refractivity contribution in [3.8, 4) is 0 Å². The predicted molar refractivity (Wildman–Crippen MR) is 62.5 cm³/mol. The number of likely N-dealkylation sites (tertiary alicyclic amines) is 1. The van der Waals surface area contributed by atoms with Crippen LogP contribution >= 0.6 is 15.9 Å². The quantitative estimate of drug-likeness (QED) is 0.891. The van der Waals surface area contributed by atoms with Gasteiger partial charge in [0, 0.05) is 36.5 Å². The Labute approximate surface area is 98.3 Å². The molecule has 0 radical (unpaired) electrons. The van der Waals surface area contributed by atoms with Gasteiger partial charge in [-0.3, -0.25) is 9.88 Å².